The highest BCUT2D eigenvalue weighted by Crippen LogP contribution is 2.33. The predicted octanol–water partition coefficient (Wildman–Crippen LogP) is 4.84. The van der Waals surface area contributed by atoms with Crippen molar-refractivity contribution < 1.29 is 9.18 Å². The fourth-order valence-electron chi connectivity index (χ4n) is 4.54. The molecule has 7 rings (SSSR count). The lowest BCUT2D eigenvalue weighted by molar-refractivity contribution is 0.102. The third-order valence-electron chi connectivity index (χ3n) is 6.41. The van der Waals surface area contributed by atoms with Crippen LogP contribution in [-0.2, 0) is 0 Å². The van der Waals surface area contributed by atoms with Gasteiger partial charge in [0.25, 0.3) is 5.91 Å². The molecule has 0 aliphatic heterocycles. The summed E-state index contributed by atoms with van der Waals surface area (Å²) in [7, 11) is 0. The van der Waals surface area contributed by atoms with Crippen LogP contribution in [0.1, 0.15) is 16.1 Å². The molecule has 1 aromatic carbocycles. The number of imidazole rings is 2. The number of H-pyrrole nitrogens is 2. The number of pyridine rings is 3. The smallest absolute Gasteiger partial charge is 0.255 e. The summed E-state index contributed by atoms with van der Waals surface area (Å²) >= 11 is 0. The lowest BCUT2D eigenvalue weighted by atomic mass is 10.1. The van der Waals surface area contributed by atoms with E-state index in [1.54, 1.807) is 53.5 Å². The summed E-state index contributed by atoms with van der Waals surface area (Å²) in [5.41, 5.74) is 4.20. The molecule has 12 heteroatoms. The first-order valence-electron chi connectivity index (χ1n) is 12.3. The van der Waals surface area contributed by atoms with E-state index >= 15 is 4.39 Å². The van der Waals surface area contributed by atoms with Crippen molar-refractivity contribution in [2.45, 2.75) is 6.92 Å². The zero-order valence-corrected chi connectivity index (χ0v) is 20.9. The molecule has 0 saturated heterocycles. The summed E-state index contributed by atoms with van der Waals surface area (Å²) in [4.78, 5) is 37.8. The molecule has 6 aromatic heterocycles. The molecule has 194 valence electrons. The molecule has 0 aliphatic rings. The quantitative estimate of drug-likeness (QED) is 0.289. The van der Waals surface area contributed by atoms with Crippen molar-refractivity contribution in [2.24, 2.45) is 0 Å². The van der Waals surface area contributed by atoms with Crippen LogP contribution < -0.4 is 5.32 Å². The van der Waals surface area contributed by atoms with Gasteiger partial charge in [0.1, 0.15) is 23.2 Å². The van der Waals surface area contributed by atoms with Gasteiger partial charge >= 0.3 is 0 Å². The maximum absolute atomic E-state index is 16.1. The van der Waals surface area contributed by atoms with Crippen molar-refractivity contribution >= 4 is 33.5 Å². The van der Waals surface area contributed by atoms with E-state index < -0.39 is 5.82 Å². The third-order valence-corrected chi connectivity index (χ3v) is 6.41. The number of rotatable bonds is 5. The number of halogens is 1. The highest BCUT2D eigenvalue weighted by atomic mass is 19.1. The summed E-state index contributed by atoms with van der Waals surface area (Å²) < 4.78 is 17.9. The summed E-state index contributed by atoms with van der Waals surface area (Å²) in [5.74, 6) is 0.0536. The maximum Gasteiger partial charge on any atom is 0.255 e. The van der Waals surface area contributed by atoms with E-state index in [2.05, 4.69) is 40.4 Å². The van der Waals surface area contributed by atoms with E-state index in [-0.39, 0.29) is 17.0 Å². The predicted molar refractivity (Wildman–Crippen MR) is 146 cm³/mol. The molecule has 0 spiro atoms. The van der Waals surface area contributed by atoms with Gasteiger partial charge in [0.05, 0.1) is 40.2 Å². The molecule has 0 aliphatic carbocycles. The maximum atomic E-state index is 16.1. The molecule has 0 fully saturated rings. The number of hydrogen-bond acceptors (Lipinski definition) is 7. The Labute approximate surface area is 225 Å². The molecule has 0 saturated carbocycles. The standard InChI is InChI=1S/C28H19FN10O/c1-15-13-39(14-33-15)27-24-19(7-8-31-27)35-26(36-24)25-21-20(37-38-25)12-32-23(22(21)29)17-9-18(11-30-10-17)34-28(40)16-5-3-2-4-6-16/h2-14H,1H3,(H,34,40)(H,35,36)(H,37,38). The highest BCUT2D eigenvalue weighted by Gasteiger charge is 2.22. The number of nitrogens with zero attached hydrogens (tertiary/aromatic N) is 7. The van der Waals surface area contributed by atoms with Crippen molar-refractivity contribution in [1.29, 1.82) is 0 Å². The molecule has 0 atom stereocenters. The summed E-state index contributed by atoms with van der Waals surface area (Å²) in [6.07, 6.45) is 9.66. The lowest BCUT2D eigenvalue weighted by Gasteiger charge is -2.08. The second-order valence-corrected chi connectivity index (χ2v) is 9.10. The first kappa shape index (κ1) is 23.3. The number of nitrogens with one attached hydrogen (secondary N) is 3. The Balaban J connectivity index is 1.28. The number of aromatic amines is 2. The number of anilines is 1. The number of amides is 1. The lowest BCUT2D eigenvalue weighted by Crippen LogP contribution is -2.11. The van der Waals surface area contributed by atoms with E-state index in [9.17, 15) is 4.79 Å². The van der Waals surface area contributed by atoms with E-state index in [0.29, 0.717) is 50.7 Å². The van der Waals surface area contributed by atoms with E-state index in [0.717, 1.165) is 5.69 Å². The summed E-state index contributed by atoms with van der Waals surface area (Å²) in [6.45, 7) is 1.89. The van der Waals surface area contributed by atoms with Gasteiger partial charge in [0, 0.05) is 29.7 Å². The van der Waals surface area contributed by atoms with Crippen molar-refractivity contribution in [1.82, 2.24) is 44.7 Å². The van der Waals surface area contributed by atoms with Gasteiger partial charge in [-0.25, -0.2) is 19.3 Å². The molecular formula is C28H19FN10O. The monoisotopic (exact) mass is 530 g/mol. The van der Waals surface area contributed by atoms with Gasteiger partial charge in [-0.3, -0.25) is 24.4 Å². The number of aromatic nitrogens is 9. The molecule has 40 heavy (non-hydrogen) atoms. The Hall–Kier alpha value is -5.78. The molecule has 0 bridgehead atoms. The van der Waals surface area contributed by atoms with Gasteiger partial charge in [-0.2, -0.15) is 5.10 Å². The van der Waals surface area contributed by atoms with Crippen molar-refractivity contribution in [3.63, 3.8) is 0 Å². The molecule has 1 amide bonds. The molecule has 0 unspecified atom stereocenters. The summed E-state index contributed by atoms with van der Waals surface area (Å²) in [6, 6.07) is 12.2. The Morgan fingerprint density at radius 2 is 1.88 bits per heavy atom. The van der Waals surface area contributed by atoms with Crippen LogP contribution >= 0.6 is 0 Å². The number of fused-ring (bicyclic) bond motifs is 2. The molecule has 11 nitrogen and oxygen atoms in total. The minimum Gasteiger partial charge on any atom is -0.336 e. The first-order chi connectivity index (χ1) is 19.5. The van der Waals surface area contributed by atoms with Crippen molar-refractivity contribution in [2.75, 3.05) is 5.32 Å². The average molecular weight is 531 g/mol. The summed E-state index contributed by atoms with van der Waals surface area (Å²) in [5, 5.41) is 10.2. The molecule has 6 heterocycles. The zero-order valence-electron chi connectivity index (χ0n) is 20.9. The second kappa shape index (κ2) is 9.20. The molecule has 3 N–H and O–H groups in total. The zero-order chi connectivity index (χ0) is 27.2. The van der Waals surface area contributed by atoms with Crippen LogP contribution in [0.4, 0.5) is 10.1 Å². The number of aryl methyl sites for hydroxylation is 1. The minimum absolute atomic E-state index is 0.0609. The molecule has 7 aromatic rings. The molecule has 0 radical (unpaired) electrons. The van der Waals surface area contributed by atoms with Crippen molar-refractivity contribution in [3.8, 4) is 28.6 Å². The van der Waals surface area contributed by atoms with E-state index in [1.165, 1.54) is 18.6 Å². The second-order valence-electron chi connectivity index (χ2n) is 9.10. The average Bonchev–Trinajstić information content (AvgIpc) is 3.72. The van der Waals surface area contributed by atoms with Crippen LogP contribution in [0, 0.1) is 12.7 Å². The number of carbonyl (C=O) groups excluding carboxylic acids is 1. The van der Waals surface area contributed by atoms with E-state index in [1.807, 2.05) is 19.2 Å². The van der Waals surface area contributed by atoms with Crippen LogP contribution in [-0.4, -0.2) is 50.6 Å². The van der Waals surface area contributed by atoms with Gasteiger partial charge < -0.3 is 10.3 Å². The third kappa shape index (κ3) is 3.95. The Morgan fingerprint density at radius 3 is 2.70 bits per heavy atom. The van der Waals surface area contributed by atoms with Gasteiger partial charge in [-0.05, 0) is 31.2 Å². The topological polar surface area (TPSA) is 143 Å². The van der Waals surface area contributed by atoms with E-state index in [4.69, 9.17) is 4.98 Å². The fourth-order valence-corrected chi connectivity index (χ4v) is 4.54. The Morgan fingerprint density at radius 1 is 1.00 bits per heavy atom. The highest BCUT2D eigenvalue weighted by molar-refractivity contribution is 6.04. The minimum atomic E-state index is -0.598. The first-order valence-corrected chi connectivity index (χ1v) is 12.3. The van der Waals surface area contributed by atoms with Gasteiger partial charge in [-0.1, -0.05) is 18.2 Å². The number of benzene rings is 1. The normalized spacial score (nSPS) is 11.3. The number of hydrogen-bond donors (Lipinski definition) is 3. The molecular weight excluding hydrogens is 511 g/mol. The van der Waals surface area contributed by atoms with Gasteiger partial charge in [0.15, 0.2) is 17.5 Å². The van der Waals surface area contributed by atoms with Gasteiger partial charge in [-0.15, -0.1) is 0 Å². The van der Waals surface area contributed by atoms with Crippen LogP contribution in [0.25, 0.3) is 50.5 Å². The van der Waals surface area contributed by atoms with Crippen LogP contribution in [0.3, 0.4) is 0 Å². The SMILES string of the molecule is Cc1cn(-c2nccc3[nH]c(-c4n[nH]c5cnc(-c6cncc(NC(=O)c7ccccc7)c6)c(F)c45)nc23)cn1. The van der Waals surface area contributed by atoms with Crippen molar-refractivity contribution in [3.05, 3.63) is 96.9 Å². The Kier molecular flexibility index (Phi) is 5.37. The Bertz CT molecular complexity index is 2040. The van der Waals surface area contributed by atoms with Gasteiger partial charge in [0.2, 0.25) is 0 Å². The van der Waals surface area contributed by atoms with Crippen LogP contribution in [0.15, 0.2) is 79.8 Å². The largest absolute Gasteiger partial charge is 0.336 e. The van der Waals surface area contributed by atoms with Crippen LogP contribution in [0.2, 0.25) is 0 Å². The van der Waals surface area contributed by atoms with Crippen LogP contribution in [0.5, 0.6) is 0 Å². The number of carbonyl (C=O) groups is 1. The fraction of sp³-hybridized carbons (Fsp3) is 0.0357.